The SMILES string of the molecule is Cc1c(-c2cccc(-c3ccc(N(c4ccccc4)c4ccc5ccccc5c4)cc3)c2)oc2ccccc12. The van der Waals surface area contributed by atoms with E-state index in [1.54, 1.807) is 0 Å². The predicted octanol–water partition coefficient (Wildman–Crippen LogP) is 10.7. The molecule has 0 saturated heterocycles. The lowest BCUT2D eigenvalue weighted by molar-refractivity contribution is 0.629. The third-order valence-corrected chi connectivity index (χ3v) is 7.43. The summed E-state index contributed by atoms with van der Waals surface area (Å²) in [5, 5.41) is 3.63. The van der Waals surface area contributed by atoms with E-state index in [2.05, 4.69) is 145 Å². The van der Waals surface area contributed by atoms with Gasteiger partial charge in [0.15, 0.2) is 0 Å². The second-order valence-corrected chi connectivity index (χ2v) is 9.88. The van der Waals surface area contributed by atoms with Crippen molar-refractivity contribution in [3.8, 4) is 22.5 Å². The van der Waals surface area contributed by atoms with Crippen molar-refractivity contribution >= 4 is 38.8 Å². The van der Waals surface area contributed by atoms with Crippen LogP contribution in [0.2, 0.25) is 0 Å². The van der Waals surface area contributed by atoms with Crippen LogP contribution in [0.15, 0.2) is 150 Å². The first kappa shape index (κ1) is 23.1. The Balaban J connectivity index is 1.27. The van der Waals surface area contributed by atoms with E-state index >= 15 is 0 Å². The Labute approximate surface area is 228 Å². The molecule has 0 aliphatic rings. The summed E-state index contributed by atoms with van der Waals surface area (Å²) in [5.74, 6) is 0.932. The average molecular weight is 502 g/mol. The zero-order valence-corrected chi connectivity index (χ0v) is 21.7. The monoisotopic (exact) mass is 501 g/mol. The Hall–Kier alpha value is -5.08. The molecular formula is C37H27NO. The minimum absolute atomic E-state index is 0.925. The van der Waals surface area contributed by atoms with Crippen molar-refractivity contribution in [2.24, 2.45) is 0 Å². The van der Waals surface area contributed by atoms with E-state index in [1.165, 1.54) is 21.9 Å². The number of rotatable bonds is 5. The van der Waals surface area contributed by atoms with Gasteiger partial charge in [-0.1, -0.05) is 97.1 Å². The Morgan fingerprint density at radius 1 is 0.462 bits per heavy atom. The molecule has 0 aliphatic carbocycles. The van der Waals surface area contributed by atoms with Crippen LogP contribution in [-0.4, -0.2) is 0 Å². The molecule has 0 amide bonds. The van der Waals surface area contributed by atoms with E-state index < -0.39 is 0 Å². The number of benzene rings is 6. The first-order chi connectivity index (χ1) is 19.2. The molecule has 0 atom stereocenters. The van der Waals surface area contributed by atoms with Crippen LogP contribution in [-0.2, 0) is 0 Å². The van der Waals surface area contributed by atoms with Crippen LogP contribution < -0.4 is 4.90 Å². The van der Waals surface area contributed by atoms with Crippen molar-refractivity contribution < 1.29 is 4.42 Å². The van der Waals surface area contributed by atoms with Crippen LogP contribution in [0.5, 0.6) is 0 Å². The van der Waals surface area contributed by atoms with Crippen molar-refractivity contribution in [2.45, 2.75) is 6.92 Å². The van der Waals surface area contributed by atoms with E-state index in [1.807, 2.05) is 12.1 Å². The van der Waals surface area contributed by atoms with Crippen LogP contribution in [0.25, 0.3) is 44.2 Å². The molecular weight excluding hydrogens is 474 g/mol. The van der Waals surface area contributed by atoms with Crippen molar-refractivity contribution in [3.05, 3.63) is 151 Å². The highest BCUT2D eigenvalue weighted by Crippen LogP contribution is 2.38. The first-order valence-electron chi connectivity index (χ1n) is 13.3. The number of hydrogen-bond donors (Lipinski definition) is 0. The highest BCUT2D eigenvalue weighted by molar-refractivity contribution is 5.90. The van der Waals surface area contributed by atoms with Gasteiger partial charge in [0.1, 0.15) is 11.3 Å². The second kappa shape index (κ2) is 9.66. The number of hydrogen-bond acceptors (Lipinski definition) is 2. The standard InChI is InChI=1S/C37H27NO/c1-26-35-16-7-8-17-36(35)39-37(26)31-13-9-12-29(24-31)28-18-21-33(22-19-28)38(32-14-3-2-4-15-32)34-23-20-27-10-5-6-11-30(27)25-34/h2-25H,1H3. The first-order valence-corrected chi connectivity index (χ1v) is 13.3. The largest absolute Gasteiger partial charge is 0.456 e. The van der Waals surface area contributed by atoms with Crippen LogP contribution in [0, 0.1) is 6.92 Å². The van der Waals surface area contributed by atoms with Crippen molar-refractivity contribution in [3.63, 3.8) is 0 Å². The van der Waals surface area contributed by atoms with Gasteiger partial charge >= 0.3 is 0 Å². The summed E-state index contributed by atoms with van der Waals surface area (Å²) >= 11 is 0. The van der Waals surface area contributed by atoms with Crippen molar-refractivity contribution in [2.75, 3.05) is 4.90 Å². The van der Waals surface area contributed by atoms with Crippen molar-refractivity contribution in [1.82, 2.24) is 0 Å². The molecule has 1 aromatic heterocycles. The van der Waals surface area contributed by atoms with Gasteiger partial charge in [0.2, 0.25) is 0 Å². The lowest BCUT2D eigenvalue weighted by atomic mass is 10.00. The number of nitrogens with zero attached hydrogens (tertiary/aromatic N) is 1. The summed E-state index contributed by atoms with van der Waals surface area (Å²) in [6.07, 6.45) is 0. The smallest absolute Gasteiger partial charge is 0.138 e. The molecule has 2 heteroatoms. The maximum atomic E-state index is 6.25. The fourth-order valence-corrected chi connectivity index (χ4v) is 5.43. The summed E-state index contributed by atoms with van der Waals surface area (Å²) < 4.78 is 6.25. The van der Waals surface area contributed by atoms with E-state index in [0.717, 1.165) is 44.9 Å². The minimum Gasteiger partial charge on any atom is -0.456 e. The quantitative estimate of drug-likeness (QED) is 0.233. The van der Waals surface area contributed by atoms with Gasteiger partial charge in [-0.05, 0) is 77.4 Å². The van der Waals surface area contributed by atoms with Gasteiger partial charge in [0.05, 0.1) is 0 Å². The van der Waals surface area contributed by atoms with Crippen LogP contribution in [0.3, 0.4) is 0 Å². The van der Waals surface area contributed by atoms with Crippen LogP contribution in [0.4, 0.5) is 17.1 Å². The lowest BCUT2D eigenvalue weighted by Gasteiger charge is -2.26. The van der Waals surface area contributed by atoms with Gasteiger partial charge in [0.25, 0.3) is 0 Å². The molecule has 6 aromatic carbocycles. The molecule has 1 heterocycles. The molecule has 0 saturated carbocycles. The van der Waals surface area contributed by atoms with E-state index in [4.69, 9.17) is 4.42 Å². The molecule has 0 radical (unpaired) electrons. The molecule has 0 spiro atoms. The summed E-state index contributed by atoms with van der Waals surface area (Å²) in [4.78, 5) is 2.31. The number of furan rings is 1. The number of para-hydroxylation sites is 2. The molecule has 2 nitrogen and oxygen atoms in total. The van der Waals surface area contributed by atoms with Crippen LogP contribution >= 0.6 is 0 Å². The molecule has 7 rings (SSSR count). The molecule has 7 aromatic rings. The average Bonchev–Trinajstić information content (AvgIpc) is 3.34. The maximum absolute atomic E-state index is 6.25. The normalized spacial score (nSPS) is 11.2. The Morgan fingerprint density at radius 2 is 1.13 bits per heavy atom. The van der Waals surface area contributed by atoms with E-state index in [9.17, 15) is 0 Å². The summed E-state index contributed by atoms with van der Waals surface area (Å²) in [5.41, 5.74) is 8.90. The number of anilines is 3. The fraction of sp³-hybridized carbons (Fsp3) is 0.0270. The van der Waals surface area contributed by atoms with Gasteiger partial charge < -0.3 is 9.32 Å². The third-order valence-electron chi connectivity index (χ3n) is 7.43. The van der Waals surface area contributed by atoms with Crippen LogP contribution in [0.1, 0.15) is 5.56 Å². The number of fused-ring (bicyclic) bond motifs is 2. The van der Waals surface area contributed by atoms with E-state index in [-0.39, 0.29) is 0 Å². The predicted molar refractivity (Wildman–Crippen MR) is 164 cm³/mol. The Kier molecular flexibility index (Phi) is 5.71. The van der Waals surface area contributed by atoms with E-state index in [0.29, 0.717) is 0 Å². The molecule has 0 aliphatic heterocycles. The molecule has 0 N–H and O–H groups in total. The van der Waals surface area contributed by atoms with Crippen molar-refractivity contribution in [1.29, 1.82) is 0 Å². The highest BCUT2D eigenvalue weighted by atomic mass is 16.3. The van der Waals surface area contributed by atoms with Gasteiger partial charge in [-0.25, -0.2) is 0 Å². The molecule has 0 fully saturated rings. The highest BCUT2D eigenvalue weighted by Gasteiger charge is 2.15. The van der Waals surface area contributed by atoms with Gasteiger partial charge in [0, 0.05) is 33.6 Å². The Bertz CT molecular complexity index is 1920. The summed E-state index contributed by atoms with van der Waals surface area (Å²) in [7, 11) is 0. The fourth-order valence-electron chi connectivity index (χ4n) is 5.43. The maximum Gasteiger partial charge on any atom is 0.138 e. The summed E-state index contributed by atoms with van der Waals surface area (Å²) in [6, 6.07) is 51.4. The minimum atomic E-state index is 0.925. The molecule has 39 heavy (non-hydrogen) atoms. The molecule has 0 bridgehead atoms. The van der Waals surface area contributed by atoms with Gasteiger partial charge in [-0.15, -0.1) is 0 Å². The van der Waals surface area contributed by atoms with Gasteiger partial charge in [-0.3, -0.25) is 0 Å². The molecule has 0 unspecified atom stereocenters. The second-order valence-electron chi connectivity index (χ2n) is 9.88. The molecule has 186 valence electrons. The third kappa shape index (κ3) is 4.26. The zero-order chi connectivity index (χ0) is 26.2. The zero-order valence-electron chi connectivity index (χ0n) is 21.7. The van der Waals surface area contributed by atoms with Gasteiger partial charge in [-0.2, -0.15) is 0 Å². The topological polar surface area (TPSA) is 16.4 Å². The summed E-state index contributed by atoms with van der Waals surface area (Å²) in [6.45, 7) is 2.13. The lowest BCUT2D eigenvalue weighted by Crippen LogP contribution is -2.09. The number of aryl methyl sites for hydroxylation is 1. The Morgan fingerprint density at radius 3 is 1.95 bits per heavy atom.